The van der Waals surface area contributed by atoms with Crippen molar-refractivity contribution in [1.29, 1.82) is 0 Å². The summed E-state index contributed by atoms with van der Waals surface area (Å²) in [6, 6.07) is 8.07. The topological polar surface area (TPSA) is 12.5 Å². The molecule has 0 amide bonds. The number of rotatable bonds is 3. The maximum absolute atomic E-state index is 5.62. The highest BCUT2D eigenvalue weighted by molar-refractivity contribution is 9.10. The molecule has 0 atom stereocenters. The summed E-state index contributed by atoms with van der Waals surface area (Å²) in [7, 11) is 1.98. The maximum Gasteiger partial charge on any atom is 0.114 e. The van der Waals surface area contributed by atoms with Gasteiger partial charge in [0.2, 0.25) is 0 Å². The van der Waals surface area contributed by atoms with Crippen molar-refractivity contribution in [3.8, 4) is 0 Å². The highest BCUT2D eigenvalue weighted by Crippen LogP contribution is 2.31. The molecule has 0 aliphatic heterocycles. The Morgan fingerprint density at radius 2 is 1.87 bits per heavy atom. The van der Waals surface area contributed by atoms with Gasteiger partial charge in [-0.2, -0.15) is 0 Å². The van der Waals surface area contributed by atoms with Crippen LogP contribution in [0.3, 0.4) is 0 Å². The number of para-hydroxylation sites is 1. The van der Waals surface area contributed by atoms with Crippen LogP contribution in [0.15, 0.2) is 28.7 Å². The molecule has 0 heterocycles. The van der Waals surface area contributed by atoms with Crippen molar-refractivity contribution >= 4 is 33.8 Å². The molecule has 0 aliphatic rings. The van der Waals surface area contributed by atoms with Crippen molar-refractivity contribution in [3.63, 3.8) is 0 Å². The Hall–Kier alpha value is -0.190. The number of hydrogen-bond acceptors (Lipinski definition) is 3. The van der Waals surface area contributed by atoms with Gasteiger partial charge in [0.05, 0.1) is 11.3 Å². The second kappa shape index (κ2) is 5.23. The minimum absolute atomic E-state index is 0.139. The van der Waals surface area contributed by atoms with Crippen LogP contribution >= 0.6 is 28.2 Å². The van der Waals surface area contributed by atoms with E-state index in [4.69, 9.17) is 4.18 Å². The summed E-state index contributed by atoms with van der Waals surface area (Å²) in [5.41, 5.74) is 0.965. The first-order chi connectivity index (χ1) is 6.90. The van der Waals surface area contributed by atoms with Gasteiger partial charge in [-0.1, -0.05) is 12.1 Å². The fourth-order valence-electron chi connectivity index (χ4n) is 0.915. The Balaban J connectivity index is 2.62. The molecule has 2 nitrogen and oxygen atoms in total. The number of hydrogen-bond donors (Lipinski definition) is 0. The predicted molar refractivity (Wildman–Crippen MR) is 71.0 cm³/mol. The van der Waals surface area contributed by atoms with Crippen LogP contribution in [0.2, 0.25) is 0 Å². The third kappa shape index (κ3) is 4.45. The molecule has 0 unspecified atom stereocenters. The summed E-state index contributed by atoms with van der Waals surface area (Å²) in [6.07, 6.45) is 0. The number of benzene rings is 1. The van der Waals surface area contributed by atoms with Gasteiger partial charge in [0.25, 0.3) is 0 Å². The molecule has 0 aliphatic carbocycles. The molecule has 1 rings (SSSR count). The summed E-state index contributed by atoms with van der Waals surface area (Å²) < 4.78 is 8.68. The lowest BCUT2D eigenvalue weighted by Crippen LogP contribution is -2.19. The summed E-state index contributed by atoms with van der Waals surface area (Å²) in [5, 5.41) is 0. The van der Waals surface area contributed by atoms with Crippen LogP contribution in [-0.2, 0) is 4.18 Å². The van der Waals surface area contributed by atoms with Crippen LogP contribution < -0.4 is 4.31 Å². The second-order valence-electron chi connectivity index (χ2n) is 4.22. The van der Waals surface area contributed by atoms with E-state index >= 15 is 0 Å². The van der Waals surface area contributed by atoms with Crippen molar-refractivity contribution in [2.75, 3.05) is 11.4 Å². The van der Waals surface area contributed by atoms with E-state index in [2.05, 4.69) is 15.9 Å². The molecule has 1 aromatic rings. The average molecular weight is 290 g/mol. The van der Waals surface area contributed by atoms with Crippen LogP contribution in [0.25, 0.3) is 0 Å². The molecule has 15 heavy (non-hydrogen) atoms. The molecular formula is C11H16BrNOS. The first-order valence-electron chi connectivity index (χ1n) is 4.74. The van der Waals surface area contributed by atoms with Gasteiger partial charge in [0.15, 0.2) is 0 Å². The van der Waals surface area contributed by atoms with E-state index in [0.29, 0.717) is 0 Å². The van der Waals surface area contributed by atoms with Crippen molar-refractivity contribution in [2.45, 2.75) is 26.4 Å². The monoisotopic (exact) mass is 289 g/mol. The van der Waals surface area contributed by atoms with E-state index < -0.39 is 0 Å². The SMILES string of the molecule is CN(SOC(C)(C)C)c1ccccc1Br. The molecule has 0 spiro atoms. The highest BCUT2D eigenvalue weighted by Gasteiger charge is 2.14. The Labute approximate surface area is 104 Å². The van der Waals surface area contributed by atoms with Crippen molar-refractivity contribution in [3.05, 3.63) is 28.7 Å². The minimum atomic E-state index is -0.139. The van der Waals surface area contributed by atoms with Crippen molar-refractivity contribution in [2.24, 2.45) is 0 Å². The normalized spacial score (nSPS) is 11.5. The fourth-order valence-corrected chi connectivity index (χ4v) is 2.16. The van der Waals surface area contributed by atoms with E-state index in [0.717, 1.165) is 10.2 Å². The zero-order valence-corrected chi connectivity index (χ0v) is 11.9. The van der Waals surface area contributed by atoms with Gasteiger partial charge in [-0.25, -0.2) is 0 Å². The largest absolute Gasteiger partial charge is 0.295 e. The Morgan fingerprint density at radius 1 is 1.27 bits per heavy atom. The van der Waals surface area contributed by atoms with E-state index in [1.807, 2.05) is 56.4 Å². The van der Waals surface area contributed by atoms with Crippen LogP contribution in [-0.4, -0.2) is 12.6 Å². The molecule has 0 bridgehead atoms. The molecule has 1 aromatic carbocycles. The van der Waals surface area contributed by atoms with Gasteiger partial charge in [-0.3, -0.25) is 8.49 Å². The quantitative estimate of drug-likeness (QED) is 0.609. The van der Waals surface area contributed by atoms with Crippen LogP contribution in [0.4, 0.5) is 5.69 Å². The van der Waals surface area contributed by atoms with Gasteiger partial charge in [0.1, 0.15) is 12.2 Å². The predicted octanol–water partition coefficient (Wildman–Crippen LogP) is 4.26. The summed E-state index contributed by atoms with van der Waals surface area (Å²) in [6.45, 7) is 6.11. The molecule has 0 saturated carbocycles. The number of nitrogens with zero attached hydrogens (tertiary/aromatic N) is 1. The molecular weight excluding hydrogens is 274 g/mol. The summed E-state index contributed by atoms with van der Waals surface area (Å²) in [4.78, 5) is 0. The first kappa shape index (κ1) is 12.9. The molecule has 0 fully saturated rings. The van der Waals surface area contributed by atoms with Crippen molar-refractivity contribution in [1.82, 2.24) is 0 Å². The standard InChI is InChI=1S/C11H16BrNOS/c1-11(2,3)14-15-13(4)10-8-6-5-7-9(10)12/h5-8H,1-4H3. The van der Waals surface area contributed by atoms with E-state index in [1.165, 1.54) is 12.2 Å². The lowest BCUT2D eigenvalue weighted by Gasteiger charge is -2.24. The maximum atomic E-state index is 5.62. The highest BCUT2D eigenvalue weighted by atomic mass is 79.9. The van der Waals surface area contributed by atoms with Crippen LogP contribution in [0, 0.1) is 0 Å². The van der Waals surface area contributed by atoms with Crippen LogP contribution in [0.5, 0.6) is 0 Å². The third-order valence-corrected chi connectivity index (χ3v) is 3.26. The minimum Gasteiger partial charge on any atom is -0.295 e. The van der Waals surface area contributed by atoms with Gasteiger partial charge in [-0.15, -0.1) is 0 Å². The van der Waals surface area contributed by atoms with Crippen LogP contribution in [0.1, 0.15) is 20.8 Å². The lowest BCUT2D eigenvalue weighted by molar-refractivity contribution is 0.164. The molecule has 4 heteroatoms. The molecule has 0 N–H and O–H groups in total. The lowest BCUT2D eigenvalue weighted by atomic mass is 10.2. The zero-order chi connectivity index (χ0) is 11.5. The summed E-state index contributed by atoms with van der Waals surface area (Å²) in [5.74, 6) is 0. The fraction of sp³-hybridized carbons (Fsp3) is 0.455. The molecule has 0 saturated heterocycles. The Morgan fingerprint density at radius 3 is 2.40 bits per heavy atom. The first-order valence-corrected chi connectivity index (χ1v) is 6.23. The van der Waals surface area contributed by atoms with Gasteiger partial charge in [-0.05, 0) is 48.8 Å². The third-order valence-electron chi connectivity index (χ3n) is 1.59. The molecule has 84 valence electrons. The second-order valence-corrected chi connectivity index (χ2v) is 5.94. The smallest absolute Gasteiger partial charge is 0.114 e. The van der Waals surface area contributed by atoms with Gasteiger partial charge in [0, 0.05) is 11.5 Å². The Bertz CT molecular complexity index is 325. The molecule has 0 aromatic heterocycles. The van der Waals surface area contributed by atoms with E-state index in [9.17, 15) is 0 Å². The zero-order valence-electron chi connectivity index (χ0n) is 9.45. The Kier molecular flexibility index (Phi) is 4.49. The number of anilines is 1. The summed E-state index contributed by atoms with van der Waals surface area (Å²) >= 11 is 4.86. The van der Waals surface area contributed by atoms with Crippen molar-refractivity contribution < 1.29 is 4.18 Å². The molecule has 0 radical (unpaired) electrons. The average Bonchev–Trinajstić information content (AvgIpc) is 2.14. The van der Waals surface area contributed by atoms with Gasteiger partial charge < -0.3 is 0 Å². The van der Waals surface area contributed by atoms with Gasteiger partial charge >= 0.3 is 0 Å². The number of halogens is 1. The van der Waals surface area contributed by atoms with E-state index in [1.54, 1.807) is 0 Å². The van der Waals surface area contributed by atoms with E-state index in [-0.39, 0.29) is 5.60 Å².